The lowest BCUT2D eigenvalue weighted by Crippen LogP contribution is -2.21. The number of carbonyl (C=O) groups is 1. The van der Waals surface area contributed by atoms with Crippen LogP contribution < -0.4 is 19.3 Å². The highest BCUT2D eigenvalue weighted by atomic mass is 16.5. The van der Waals surface area contributed by atoms with Crippen LogP contribution in [0.4, 0.5) is 11.4 Å². The Kier molecular flexibility index (Phi) is 30.8. The summed E-state index contributed by atoms with van der Waals surface area (Å²) in [7, 11) is 0. The minimum Gasteiger partial charge on any atom is -0.545 e. The van der Waals surface area contributed by atoms with Crippen molar-refractivity contribution in [2.24, 2.45) is 10.2 Å². The van der Waals surface area contributed by atoms with Crippen LogP contribution in [0.3, 0.4) is 0 Å². The van der Waals surface area contributed by atoms with Gasteiger partial charge in [-0.1, -0.05) is 206 Å². The van der Waals surface area contributed by atoms with Gasteiger partial charge < -0.3 is 24.1 Å². The lowest BCUT2D eigenvalue weighted by atomic mass is 10.1. The molecule has 0 heterocycles. The third-order valence-electron chi connectivity index (χ3n) is 10.6. The zero-order valence-electron chi connectivity index (χ0n) is 36.2. The molecule has 0 bridgehead atoms. The summed E-state index contributed by atoms with van der Waals surface area (Å²) in [5.74, 6) is 0.747. The Morgan fingerprint density at radius 2 is 0.732 bits per heavy atom. The summed E-state index contributed by atoms with van der Waals surface area (Å²) in [5.41, 5.74) is 1.27. The number of carbonyl (C=O) groups excluding carboxylic acids is 1. The van der Waals surface area contributed by atoms with Crippen LogP contribution in [0.2, 0.25) is 0 Å². The highest BCUT2D eigenvalue weighted by molar-refractivity contribution is 5.86. The first kappa shape index (κ1) is 49.1. The molecular weight excluding hydrogens is 697 g/mol. The Morgan fingerprint density at radius 3 is 1.07 bits per heavy atom. The lowest BCUT2D eigenvalue weighted by molar-refractivity contribution is -0.255. The standard InChI is InChI=1S/C49H82N2O5/c1-4-7-10-13-16-19-22-25-28-31-38-54-46-41-45(51-50-44-36-34-43(35-37-44)49(52)53)42-47(55-39-32-29-26-23-20-17-14-11-8-5-2)48(46)56-40-33-30-27-24-21-18-15-12-9-6-3/h34-37,41-42H,4-33,38-40H2,1-3H3,(H,52,53)/p-1. The van der Waals surface area contributed by atoms with Crippen molar-refractivity contribution in [1.82, 2.24) is 0 Å². The molecule has 2 aromatic carbocycles. The number of hydrogen-bond acceptors (Lipinski definition) is 7. The second-order valence-corrected chi connectivity index (χ2v) is 15.9. The van der Waals surface area contributed by atoms with Gasteiger partial charge in [0.25, 0.3) is 0 Å². The van der Waals surface area contributed by atoms with Crippen LogP contribution in [0.25, 0.3) is 0 Å². The van der Waals surface area contributed by atoms with Gasteiger partial charge in [-0.3, -0.25) is 0 Å². The maximum absolute atomic E-state index is 11.2. The van der Waals surface area contributed by atoms with E-state index in [0.29, 0.717) is 48.4 Å². The molecule has 0 fully saturated rings. The Balaban J connectivity index is 2.07. The van der Waals surface area contributed by atoms with E-state index >= 15 is 0 Å². The first-order valence-corrected chi connectivity index (χ1v) is 23.4. The molecule has 56 heavy (non-hydrogen) atoms. The van der Waals surface area contributed by atoms with Crippen molar-refractivity contribution >= 4 is 17.3 Å². The SMILES string of the molecule is CCCCCCCCCCCCOc1cc(N=Nc2ccc(C(=O)[O-])cc2)cc(OCCCCCCCCCCCC)c1OCCCCCCCCCCCC. The summed E-state index contributed by atoms with van der Waals surface area (Å²) in [6.45, 7) is 8.64. The number of aromatic carboxylic acids is 1. The number of carboxylic acids is 1. The number of azo groups is 1. The molecule has 0 amide bonds. The van der Waals surface area contributed by atoms with Crippen LogP contribution in [0.5, 0.6) is 17.2 Å². The maximum Gasteiger partial charge on any atom is 0.203 e. The fraction of sp³-hybridized carbons (Fsp3) is 0.735. The molecule has 2 aromatic rings. The van der Waals surface area contributed by atoms with Crippen molar-refractivity contribution in [2.45, 2.75) is 213 Å². The minimum atomic E-state index is -1.21. The predicted octanol–water partition coefficient (Wildman–Crippen LogP) is 15.4. The summed E-state index contributed by atoms with van der Waals surface area (Å²) in [6.07, 6.45) is 38.2. The van der Waals surface area contributed by atoms with Crippen LogP contribution in [0, 0.1) is 0 Å². The normalized spacial score (nSPS) is 11.4. The molecule has 0 aliphatic rings. The van der Waals surface area contributed by atoms with Gasteiger partial charge in [0.05, 0.1) is 37.2 Å². The number of benzene rings is 2. The van der Waals surface area contributed by atoms with E-state index in [2.05, 4.69) is 31.0 Å². The minimum absolute atomic E-state index is 0.109. The van der Waals surface area contributed by atoms with Gasteiger partial charge in [-0.2, -0.15) is 10.2 Å². The number of ether oxygens (including phenoxy) is 3. The molecule has 0 aliphatic carbocycles. The number of unbranched alkanes of at least 4 members (excludes halogenated alkanes) is 27. The Labute approximate surface area is 343 Å². The van der Waals surface area contributed by atoms with E-state index in [4.69, 9.17) is 14.2 Å². The third kappa shape index (κ3) is 25.2. The topological polar surface area (TPSA) is 92.5 Å². The van der Waals surface area contributed by atoms with Gasteiger partial charge in [0.2, 0.25) is 5.75 Å². The second kappa shape index (κ2) is 35.1. The molecule has 0 aromatic heterocycles. The van der Waals surface area contributed by atoms with Gasteiger partial charge >= 0.3 is 0 Å². The fourth-order valence-electron chi connectivity index (χ4n) is 7.06. The predicted molar refractivity (Wildman–Crippen MR) is 233 cm³/mol. The van der Waals surface area contributed by atoms with Crippen molar-refractivity contribution in [1.29, 1.82) is 0 Å². The molecule has 318 valence electrons. The number of nitrogens with zero attached hydrogens (tertiary/aromatic N) is 2. The average molecular weight is 778 g/mol. The lowest BCUT2D eigenvalue weighted by Gasteiger charge is -2.18. The van der Waals surface area contributed by atoms with Crippen molar-refractivity contribution in [3.8, 4) is 17.2 Å². The van der Waals surface area contributed by atoms with E-state index in [1.54, 1.807) is 12.1 Å². The Bertz CT molecular complexity index is 1200. The molecule has 0 N–H and O–H groups in total. The largest absolute Gasteiger partial charge is 0.545 e. The highest BCUT2D eigenvalue weighted by Crippen LogP contribution is 2.42. The Hall–Kier alpha value is -3.09. The van der Waals surface area contributed by atoms with E-state index in [1.165, 1.54) is 166 Å². The van der Waals surface area contributed by atoms with Gasteiger partial charge in [-0.15, -0.1) is 0 Å². The van der Waals surface area contributed by atoms with Crippen LogP contribution >= 0.6 is 0 Å². The van der Waals surface area contributed by atoms with Crippen LogP contribution in [-0.4, -0.2) is 25.8 Å². The smallest absolute Gasteiger partial charge is 0.203 e. The quantitative estimate of drug-likeness (QED) is 0.0498. The number of carboxylic acid groups (broad SMARTS) is 1. The average Bonchev–Trinajstić information content (AvgIpc) is 3.21. The fourth-order valence-corrected chi connectivity index (χ4v) is 7.06. The van der Waals surface area contributed by atoms with Gasteiger partial charge in [0.15, 0.2) is 11.5 Å². The zero-order valence-corrected chi connectivity index (χ0v) is 36.2. The summed E-state index contributed by atoms with van der Waals surface area (Å²) >= 11 is 0. The van der Waals surface area contributed by atoms with E-state index in [9.17, 15) is 9.90 Å². The molecule has 0 radical (unpaired) electrons. The van der Waals surface area contributed by atoms with Gasteiger partial charge in [-0.05, 0) is 37.0 Å². The third-order valence-corrected chi connectivity index (χ3v) is 10.6. The number of hydrogen-bond donors (Lipinski definition) is 0. The van der Waals surface area contributed by atoms with E-state index in [0.717, 1.165) is 38.5 Å². The van der Waals surface area contributed by atoms with Crippen LogP contribution in [0.1, 0.15) is 224 Å². The molecule has 7 nitrogen and oxygen atoms in total. The van der Waals surface area contributed by atoms with Crippen molar-refractivity contribution < 1.29 is 24.1 Å². The highest BCUT2D eigenvalue weighted by Gasteiger charge is 2.17. The van der Waals surface area contributed by atoms with Gasteiger partial charge in [0.1, 0.15) is 0 Å². The summed E-state index contributed by atoms with van der Waals surface area (Å²) in [4.78, 5) is 11.2. The maximum atomic E-state index is 11.2. The van der Waals surface area contributed by atoms with Crippen molar-refractivity contribution in [2.75, 3.05) is 19.8 Å². The Morgan fingerprint density at radius 1 is 0.429 bits per heavy atom. The second-order valence-electron chi connectivity index (χ2n) is 15.9. The van der Waals surface area contributed by atoms with Gasteiger partial charge in [0, 0.05) is 12.1 Å². The molecule has 0 saturated heterocycles. The van der Waals surface area contributed by atoms with E-state index in [-0.39, 0.29) is 5.56 Å². The zero-order chi connectivity index (χ0) is 40.2. The van der Waals surface area contributed by atoms with Gasteiger partial charge in [-0.25, -0.2) is 0 Å². The van der Waals surface area contributed by atoms with E-state index < -0.39 is 5.97 Å². The first-order chi connectivity index (χ1) is 27.6. The number of rotatable bonds is 39. The molecule has 7 heteroatoms. The van der Waals surface area contributed by atoms with Crippen molar-refractivity contribution in [3.05, 3.63) is 42.0 Å². The van der Waals surface area contributed by atoms with Crippen LogP contribution in [-0.2, 0) is 0 Å². The first-order valence-electron chi connectivity index (χ1n) is 23.4. The summed E-state index contributed by atoms with van der Waals surface area (Å²) < 4.78 is 19.4. The van der Waals surface area contributed by atoms with Crippen molar-refractivity contribution in [3.63, 3.8) is 0 Å². The summed E-state index contributed by atoms with van der Waals surface area (Å²) in [6, 6.07) is 10.0. The molecule has 0 aliphatic heterocycles. The molecule has 0 spiro atoms. The molecule has 0 saturated carbocycles. The molecular formula is C49H81N2O5-. The van der Waals surface area contributed by atoms with E-state index in [1.807, 2.05) is 12.1 Å². The monoisotopic (exact) mass is 778 g/mol. The molecule has 0 atom stereocenters. The van der Waals surface area contributed by atoms with Crippen LogP contribution in [0.15, 0.2) is 46.6 Å². The molecule has 0 unspecified atom stereocenters. The molecule has 2 rings (SSSR count). The summed E-state index contributed by atoms with van der Waals surface area (Å²) in [5, 5.41) is 20.2.